The van der Waals surface area contributed by atoms with Gasteiger partial charge in [0, 0.05) is 18.9 Å². The Kier molecular flexibility index (Phi) is 4.30. The number of nitrogens with zero attached hydrogens (tertiary/aromatic N) is 2. The number of carbonyl (C=O) groups excluding carboxylic acids is 1. The Balaban J connectivity index is 2.13. The SMILES string of the molecule is COCCn1cc(-c2ccc(C(=O)OC)cc2)cn1. The molecule has 100 valence electrons. The Bertz CT molecular complexity index is 546. The molecule has 1 aromatic carbocycles. The van der Waals surface area contributed by atoms with Crippen molar-refractivity contribution < 1.29 is 14.3 Å². The maximum atomic E-state index is 11.3. The third-order valence-electron chi connectivity index (χ3n) is 2.80. The van der Waals surface area contributed by atoms with Gasteiger partial charge in [-0.15, -0.1) is 0 Å². The summed E-state index contributed by atoms with van der Waals surface area (Å²) in [6.07, 6.45) is 3.75. The van der Waals surface area contributed by atoms with Gasteiger partial charge in [0.1, 0.15) is 0 Å². The number of carbonyl (C=O) groups is 1. The summed E-state index contributed by atoms with van der Waals surface area (Å²) in [7, 11) is 3.03. The van der Waals surface area contributed by atoms with E-state index in [0.29, 0.717) is 12.2 Å². The molecule has 2 rings (SSSR count). The van der Waals surface area contributed by atoms with Crippen LogP contribution in [0.15, 0.2) is 36.7 Å². The van der Waals surface area contributed by atoms with Crippen LogP contribution in [0.1, 0.15) is 10.4 Å². The van der Waals surface area contributed by atoms with Crippen LogP contribution in [-0.2, 0) is 16.0 Å². The van der Waals surface area contributed by atoms with E-state index in [-0.39, 0.29) is 5.97 Å². The van der Waals surface area contributed by atoms with Crippen molar-refractivity contribution >= 4 is 5.97 Å². The van der Waals surface area contributed by atoms with E-state index in [9.17, 15) is 4.79 Å². The van der Waals surface area contributed by atoms with E-state index in [2.05, 4.69) is 9.84 Å². The van der Waals surface area contributed by atoms with Gasteiger partial charge in [-0.2, -0.15) is 5.10 Å². The molecule has 19 heavy (non-hydrogen) atoms. The number of methoxy groups -OCH3 is 2. The van der Waals surface area contributed by atoms with Crippen LogP contribution in [0, 0.1) is 0 Å². The lowest BCUT2D eigenvalue weighted by Crippen LogP contribution is -2.03. The fourth-order valence-corrected chi connectivity index (χ4v) is 1.74. The highest BCUT2D eigenvalue weighted by Gasteiger charge is 2.06. The van der Waals surface area contributed by atoms with Crippen LogP contribution in [0.25, 0.3) is 11.1 Å². The first kappa shape index (κ1) is 13.3. The van der Waals surface area contributed by atoms with Crippen molar-refractivity contribution in [2.24, 2.45) is 0 Å². The molecular weight excluding hydrogens is 244 g/mol. The minimum Gasteiger partial charge on any atom is -0.465 e. The molecular formula is C14H16N2O3. The van der Waals surface area contributed by atoms with Crippen LogP contribution in [0.4, 0.5) is 0 Å². The van der Waals surface area contributed by atoms with E-state index in [0.717, 1.165) is 17.7 Å². The van der Waals surface area contributed by atoms with Gasteiger partial charge in [-0.3, -0.25) is 4.68 Å². The Morgan fingerprint density at radius 1 is 1.21 bits per heavy atom. The van der Waals surface area contributed by atoms with Gasteiger partial charge in [0.2, 0.25) is 0 Å². The van der Waals surface area contributed by atoms with Crippen LogP contribution >= 0.6 is 0 Å². The molecule has 0 saturated heterocycles. The number of ether oxygens (including phenoxy) is 2. The van der Waals surface area contributed by atoms with E-state index >= 15 is 0 Å². The number of benzene rings is 1. The summed E-state index contributed by atoms with van der Waals surface area (Å²) in [4.78, 5) is 11.3. The van der Waals surface area contributed by atoms with Gasteiger partial charge in [0.15, 0.2) is 0 Å². The monoisotopic (exact) mass is 260 g/mol. The molecule has 0 aliphatic carbocycles. The predicted octanol–water partition coefficient (Wildman–Crippen LogP) is 1.98. The van der Waals surface area contributed by atoms with E-state index in [1.54, 1.807) is 25.4 Å². The first-order valence-electron chi connectivity index (χ1n) is 5.94. The number of hydrogen-bond acceptors (Lipinski definition) is 4. The second-order valence-corrected chi connectivity index (χ2v) is 4.05. The smallest absolute Gasteiger partial charge is 0.337 e. The maximum Gasteiger partial charge on any atom is 0.337 e. The van der Waals surface area contributed by atoms with Crippen molar-refractivity contribution in [2.75, 3.05) is 20.8 Å². The van der Waals surface area contributed by atoms with Crippen LogP contribution in [-0.4, -0.2) is 36.6 Å². The zero-order chi connectivity index (χ0) is 13.7. The maximum absolute atomic E-state index is 11.3. The Labute approximate surface area is 111 Å². The molecule has 0 atom stereocenters. The second-order valence-electron chi connectivity index (χ2n) is 4.05. The standard InChI is InChI=1S/C14H16N2O3/c1-18-8-7-16-10-13(9-15-16)11-3-5-12(6-4-11)14(17)19-2/h3-6,9-10H,7-8H2,1-2H3. The summed E-state index contributed by atoms with van der Waals surface area (Å²) >= 11 is 0. The molecule has 2 aromatic rings. The number of rotatable bonds is 5. The fraction of sp³-hybridized carbons (Fsp3) is 0.286. The summed E-state index contributed by atoms with van der Waals surface area (Å²) in [5, 5.41) is 4.25. The minimum absolute atomic E-state index is 0.331. The van der Waals surface area contributed by atoms with Crippen molar-refractivity contribution in [1.29, 1.82) is 0 Å². The largest absolute Gasteiger partial charge is 0.465 e. The van der Waals surface area contributed by atoms with Crippen LogP contribution in [0.3, 0.4) is 0 Å². The fourth-order valence-electron chi connectivity index (χ4n) is 1.74. The molecule has 0 amide bonds. The molecule has 0 spiro atoms. The van der Waals surface area contributed by atoms with Crippen molar-refractivity contribution in [3.63, 3.8) is 0 Å². The third-order valence-corrected chi connectivity index (χ3v) is 2.80. The van der Waals surface area contributed by atoms with Crippen LogP contribution in [0.2, 0.25) is 0 Å². The average Bonchev–Trinajstić information content (AvgIpc) is 2.93. The summed E-state index contributed by atoms with van der Waals surface area (Å²) in [6, 6.07) is 7.25. The molecule has 0 bridgehead atoms. The van der Waals surface area contributed by atoms with Gasteiger partial charge in [0.25, 0.3) is 0 Å². The normalized spacial score (nSPS) is 10.4. The van der Waals surface area contributed by atoms with Gasteiger partial charge in [0.05, 0.1) is 32.0 Å². The van der Waals surface area contributed by atoms with Crippen molar-refractivity contribution in [3.05, 3.63) is 42.2 Å². The lowest BCUT2D eigenvalue weighted by Gasteiger charge is -2.01. The van der Waals surface area contributed by atoms with Crippen molar-refractivity contribution in [3.8, 4) is 11.1 Å². The predicted molar refractivity (Wildman–Crippen MR) is 70.9 cm³/mol. The Hall–Kier alpha value is -2.14. The summed E-state index contributed by atoms with van der Waals surface area (Å²) in [6.45, 7) is 1.35. The Morgan fingerprint density at radius 2 is 1.95 bits per heavy atom. The molecule has 0 saturated carbocycles. The molecule has 1 heterocycles. The van der Waals surface area contributed by atoms with E-state index < -0.39 is 0 Å². The highest BCUT2D eigenvalue weighted by Crippen LogP contribution is 2.19. The Morgan fingerprint density at radius 3 is 2.58 bits per heavy atom. The van der Waals surface area contributed by atoms with Gasteiger partial charge in [-0.1, -0.05) is 12.1 Å². The average molecular weight is 260 g/mol. The van der Waals surface area contributed by atoms with E-state index in [1.165, 1.54) is 7.11 Å². The topological polar surface area (TPSA) is 53.4 Å². The highest BCUT2D eigenvalue weighted by atomic mass is 16.5. The number of aromatic nitrogens is 2. The first-order chi connectivity index (χ1) is 9.24. The minimum atomic E-state index is -0.331. The highest BCUT2D eigenvalue weighted by molar-refractivity contribution is 5.89. The third kappa shape index (κ3) is 3.20. The quantitative estimate of drug-likeness (QED) is 0.771. The van der Waals surface area contributed by atoms with Crippen LogP contribution < -0.4 is 0 Å². The zero-order valence-electron chi connectivity index (χ0n) is 11.0. The van der Waals surface area contributed by atoms with E-state index in [4.69, 9.17) is 4.74 Å². The molecule has 0 unspecified atom stereocenters. The van der Waals surface area contributed by atoms with Gasteiger partial charge >= 0.3 is 5.97 Å². The van der Waals surface area contributed by atoms with Crippen LogP contribution in [0.5, 0.6) is 0 Å². The molecule has 0 aliphatic heterocycles. The molecule has 0 aliphatic rings. The molecule has 5 heteroatoms. The molecule has 0 radical (unpaired) electrons. The second kappa shape index (κ2) is 6.15. The molecule has 5 nitrogen and oxygen atoms in total. The summed E-state index contributed by atoms with van der Waals surface area (Å²) in [5.41, 5.74) is 2.56. The lowest BCUT2D eigenvalue weighted by molar-refractivity contribution is 0.0601. The number of esters is 1. The van der Waals surface area contributed by atoms with E-state index in [1.807, 2.05) is 23.0 Å². The van der Waals surface area contributed by atoms with Gasteiger partial charge in [-0.05, 0) is 17.7 Å². The summed E-state index contributed by atoms with van der Waals surface area (Å²) < 4.78 is 11.5. The van der Waals surface area contributed by atoms with Crippen molar-refractivity contribution in [1.82, 2.24) is 9.78 Å². The summed E-state index contributed by atoms with van der Waals surface area (Å²) in [5.74, 6) is -0.331. The van der Waals surface area contributed by atoms with Gasteiger partial charge in [-0.25, -0.2) is 4.79 Å². The lowest BCUT2D eigenvalue weighted by atomic mass is 10.1. The molecule has 0 N–H and O–H groups in total. The van der Waals surface area contributed by atoms with Gasteiger partial charge < -0.3 is 9.47 Å². The molecule has 0 fully saturated rings. The van der Waals surface area contributed by atoms with Crippen molar-refractivity contribution in [2.45, 2.75) is 6.54 Å². The molecule has 1 aromatic heterocycles. The zero-order valence-corrected chi connectivity index (χ0v) is 11.0. The first-order valence-corrected chi connectivity index (χ1v) is 5.94. The number of hydrogen-bond donors (Lipinski definition) is 0.